The highest BCUT2D eigenvalue weighted by atomic mass is 16.5. The van der Waals surface area contributed by atoms with Gasteiger partial charge >= 0.3 is 0 Å². The minimum Gasteiger partial charge on any atom is -0.497 e. The zero-order valence-corrected chi connectivity index (χ0v) is 16.2. The van der Waals surface area contributed by atoms with Crippen molar-refractivity contribution in [1.29, 1.82) is 0 Å². The van der Waals surface area contributed by atoms with E-state index in [0.717, 1.165) is 29.2 Å². The first kappa shape index (κ1) is 18.7. The summed E-state index contributed by atoms with van der Waals surface area (Å²) < 4.78 is 5.28. The summed E-state index contributed by atoms with van der Waals surface area (Å²) in [7, 11) is 5.64. The molecular formula is C22H30N2O2. The summed E-state index contributed by atoms with van der Waals surface area (Å²) in [5, 5.41) is 2.32. The van der Waals surface area contributed by atoms with Crippen molar-refractivity contribution in [2.45, 2.75) is 32.2 Å². The number of hydrogen-bond donors (Lipinski definition) is 0. The molecule has 0 spiro atoms. The van der Waals surface area contributed by atoms with Gasteiger partial charge in [0.1, 0.15) is 5.75 Å². The summed E-state index contributed by atoms with van der Waals surface area (Å²) >= 11 is 0. The quantitative estimate of drug-likeness (QED) is 0.755. The van der Waals surface area contributed by atoms with E-state index >= 15 is 0 Å². The number of carbonyl (C=O) groups is 1. The first-order valence-electron chi connectivity index (χ1n) is 9.54. The maximum absolute atomic E-state index is 12.5. The van der Waals surface area contributed by atoms with Crippen LogP contribution in [0.15, 0.2) is 36.4 Å². The van der Waals surface area contributed by atoms with Gasteiger partial charge in [-0.2, -0.15) is 0 Å². The summed E-state index contributed by atoms with van der Waals surface area (Å²) in [4.78, 5) is 16.6. The molecule has 0 saturated heterocycles. The summed E-state index contributed by atoms with van der Waals surface area (Å²) in [6, 6.07) is 12.4. The number of hydrogen-bond acceptors (Lipinski definition) is 3. The molecule has 1 aliphatic carbocycles. The van der Waals surface area contributed by atoms with Gasteiger partial charge in [-0.15, -0.1) is 0 Å². The molecule has 3 rings (SSSR count). The van der Waals surface area contributed by atoms with E-state index in [9.17, 15) is 4.79 Å². The molecular weight excluding hydrogens is 324 g/mol. The Bertz CT molecular complexity index is 753. The number of nitrogens with zero attached hydrogens (tertiary/aromatic N) is 2. The lowest BCUT2D eigenvalue weighted by Crippen LogP contribution is -2.37. The van der Waals surface area contributed by atoms with Crippen molar-refractivity contribution in [3.63, 3.8) is 0 Å². The van der Waals surface area contributed by atoms with Crippen LogP contribution in [0, 0.1) is 5.92 Å². The fourth-order valence-corrected chi connectivity index (χ4v) is 3.91. The van der Waals surface area contributed by atoms with E-state index < -0.39 is 0 Å². The van der Waals surface area contributed by atoms with Crippen molar-refractivity contribution >= 4 is 16.7 Å². The third kappa shape index (κ3) is 4.76. The van der Waals surface area contributed by atoms with Gasteiger partial charge in [0.2, 0.25) is 5.91 Å². The van der Waals surface area contributed by atoms with E-state index in [1.807, 2.05) is 24.1 Å². The first-order valence-corrected chi connectivity index (χ1v) is 9.54. The fourth-order valence-electron chi connectivity index (χ4n) is 3.91. The minimum atomic E-state index is 0.181. The molecule has 4 nitrogen and oxygen atoms in total. The molecule has 0 aliphatic heterocycles. The summed E-state index contributed by atoms with van der Waals surface area (Å²) in [5.74, 6) is 1.82. The number of ether oxygens (including phenoxy) is 1. The lowest BCUT2D eigenvalue weighted by molar-refractivity contribution is -0.131. The number of methoxy groups -OCH3 is 1. The van der Waals surface area contributed by atoms with Crippen LogP contribution in [0.1, 0.15) is 31.2 Å². The molecule has 2 aromatic carbocycles. The molecule has 0 unspecified atom stereocenters. The van der Waals surface area contributed by atoms with E-state index in [2.05, 4.69) is 36.2 Å². The van der Waals surface area contributed by atoms with Gasteiger partial charge in [0.25, 0.3) is 0 Å². The van der Waals surface area contributed by atoms with E-state index in [-0.39, 0.29) is 5.91 Å². The van der Waals surface area contributed by atoms with Gasteiger partial charge < -0.3 is 9.64 Å². The average Bonchev–Trinajstić information content (AvgIpc) is 3.13. The van der Waals surface area contributed by atoms with Crippen LogP contribution in [0.5, 0.6) is 5.75 Å². The van der Waals surface area contributed by atoms with Crippen LogP contribution in [0.2, 0.25) is 0 Å². The van der Waals surface area contributed by atoms with Crippen molar-refractivity contribution in [1.82, 2.24) is 9.80 Å². The van der Waals surface area contributed by atoms with Crippen LogP contribution in [0.4, 0.5) is 0 Å². The smallest absolute Gasteiger partial charge is 0.236 e. The number of likely N-dealkylation sites (N-methyl/N-ethyl adjacent to an activating group) is 2. The number of fused-ring (bicyclic) bond motifs is 1. The average molecular weight is 354 g/mol. The van der Waals surface area contributed by atoms with Gasteiger partial charge in [-0.25, -0.2) is 0 Å². The predicted octanol–water partition coefficient (Wildman–Crippen LogP) is 3.93. The maximum Gasteiger partial charge on any atom is 0.236 e. The minimum absolute atomic E-state index is 0.181. The van der Waals surface area contributed by atoms with Crippen LogP contribution in [-0.2, 0) is 11.3 Å². The van der Waals surface area contributed by atoms with Crippen molar-refractivity contribution in [2.24, 2.45) is 5.92 Å². The van der Waals surface area contributed by atoms with Crippen molar-refractivity contribution in [3.8, 4) is 5.75 Å². The normalized spacial score (nSPS) is 14.9. The van der Waals surface area contributed by atoms with Gasteiger partial charge in [-0.3, -0.25) is 9.69 Å². The van der Waals surface area contributed by atoms with Crippen LogP contribution in [0.25, 0.3) is 10.8 Å². The highest BCUT2D eigenvalue weighted by Gasteiger charge is 2.19. The lowest BCUT2D eigenvalue weighted by Gasteiger charge is -2.24. The Kier molecular flexibility index (Phi) is 6.15. The Labute approximate surface area is 156 Å². The van der Waals surface area contributed by atoms with Gasteiger partial charge in [0, 0.05) is 20.1 Å². The molecule has 1 fully saturated rings. The molecule has 1 saturated carbocycles. The van der Waals surface area contributed by atoms with Gasteiger partial charge in [-0.05, 0) is 60.3 Å². The Hall–Kier alpha value is -2.07. The van der Waals surface area contributed by atoms with Gasteiger partial charge in [0.05, 0.1) is 13.7 Å². The van der Waals surface area contributed by atoms with Crippen LogP contribution in [0.3, 0.4) is 0 Å². The Morgan fingerprint density at radius 1 is 1.08 bits per heavy atom. The molecule has 4 heteroatoms. The second-order valence-corrected chi connectivity index (χ2v) is 7.64. The monoisotopic (exact) mass is 354 g/mol. The highest BCUT2D eigenvalue weighted by Crippen LogP contribution is 2.25. The number of amides is 1. The first-order chi connectivity index (χ1) is 12.5. The second kappa shape index (κ2) is 8.54. The molecule has 0 aromatic heterocycles. The zero-order chi connectivity index (χ0) is 18.5. The summed E-state index contributed by atoms with van der Waals surface area (Å²) in [6.45, 7) is 2.17. The van der Waals surface area contributed by atoms with Crippen molar-refractivity contribution in [2.75, 3.05) is 34.3 Å². The molecule has 1 aliphatic rings. The van der Waals surface area contributed by atoms with Crippen molar-refractivity contribution < 1.29 is 9.53 Å². The highest BCUT2D eigenvalue weighted by molar-refractivity contribution is 5.84. The maximum atomic E-state index is 12.5. The van der Waals surface area contributed by atoms with E-state index in [0.29, 0.717) is 13.1 Å². The standard InChI is InChI=1S/C22H30N2O2/c1-23(14-17-6-4-5-7-17)16-22(25)24(2)15-18-8-9-20-13-21(26-3)11-10-19(20)12-18/h8-13,17H,4-7,14-16H2,1-3H3. The van der Waals surface area contributed by atoms with Gasteiger partial charge in [-0.1, -0.05) is 31.0 Å². The predicted molar refractivity (Wildman–Crippen MR) is 106 cm³/mol. The van der Waals surface area contributed by atoms with Crippen LogP contribution < -0.4 is 4.74 Å². The third-order valence-electron chi connectivity index (χ3n) is 5.41. The number of rotatable bonds is 7. The molecule has 0 heterocycles. The van der Waals surface area contributed by atoms with E-state index in [4.69, 9.17) is 4.74 Å². The summed E-state index contributed by atoms with van der Waals surface area (Å²) in [6.07, 6.45) is 5.33. The molecule has 0 bridgehead atoms. The molecule has 0 N–H and O–H groups in total. The SMILES string of the molecule is COc1ccc2cc(CN(C)C(=O)CN(C)CC3CCCC3)ccc2c1. The molecule has 140 valence electrons. The van der Waals surface area contributed by atoms with E-state index in [1.165, 1.54) is 31.1 Å². The Morgan fingerprint density at radius 2 is 1.77 bits per heavy atom. The molecule has 2 aromatic rings. The van der Waals surface area contributed by atoms with Crippen LogP contribution >= 0.6 is 0 Å². The number of benzene rings is 2. The van der Waals surface area contributed by atoms with Crippen molar-refractivity contribution in [3.05, 3.63) is 42.0 Å². The number of carbonyl (C=O) groups excluding carboxylic acids is 1. The molecule has 1 amide bonds. The molecule has 0 radical (unpaired) electrons. The fraction of sp³-hybridized carbons (Fsp3) is 0.500. The lowest BCUT2D eigenvalue weighted by atomic mass is 10.1. The van der Waals surface area contributed by atoms with Gasteiger partial charge in [0.15, 0.2) is 0 Å². The zero-order valence-electron chi connectivity index (χ0n) is 16.2. The third-order valence-corrected chi connectivity index (χ3v) is 5.41. The molecule has 26 heavy (non-hydrogen) atoms. The Morgan fingerprint density at radius 3 is 2.50 bits per heavy atom. The Balaban J connectivity index is 1.56. The van der Waals surface area contributed by atoms with Crippen LogP contribution in [-0.4, -0.2) is 50.0 Å². The second-order valence-electron chi connectivity index (χ2n) is 7.64. The molecule has 0 atom stereocenters. The summed E-state index contributed by atoms with van der Waals surface area (Å²) in [5.41, 5.74) is 1.15. The topological polar surface area (TPSA) is 32.8 Å². The van der Waals surface area contributed by atoms with E-state index in [1.54, 1.807) is 7.11 Å². The largest absolute Gasteiger partial charge is 0.497 e.